The van der Waals surface area contributed by atoms with E-state index in [-0.39, 0.29) is 52.2 Å². The van der Waals surface area contributed by atoms with E-state index in [9.17, 15) is 24.0 Å². The minimum atomic E-state index is -1.39. The van der Waals surface area contributed by atoms with Gasteiger partial charge in [0.25, 0.3) is 5.91 Å². The topological polar surface area (TPSA) is 283 Å². The molecule has 18 heteroatoms. The zero-order chi connectivity index (χ0) is 47.2. The maximum Gasteiger partial charge on any atom is 0.252 e. The molecule has 3 aromatic carbocycles. The number of nitriles is 1. The summed E-state index contributed by atoms with van der Waals surface area (Å²) < 4.78 is 12.2. The molecule has 0 spiro atoms. The molecule has 0 saturated heterocycles. The van der Waals surface area contributed by atoms with Crippen molar-refractivity contribution in [3.05, 3.63) is 94.8 Å². The van der Waals surface area contributed by atoms with Gasteiger partial charge in [0.15, 0.2) is 5.82 Å². The van der Waals surface area contributed by atoms with Crippen molar-refractivity contribution in [3.8, 4) is 40.1 Å². The van der Waals surface area contributed by atoms with Crippen LogP contribution in [0.5, 0.6) is 11.5 Å². The molecule has 0 unspecified atom stereocenters. The van der Waals surface area contributed by atoms with Gasteiger partial charge < -0.3 is 52.8 Å². The van der Waals surface area contributed by atoms with Crippen LogP contribution in [-0.2, 0) is 32.0 Å². The van der Waals surface area contributed by atoms with Crippen molar-refractivity contribution >= 4 is 29.5 Å². The molecule has 65 heavy (non-hydrogen) atoms. The Kier molecular flexibility index (Phi) is 17.5. The van der Waals surface area contributed by atoms with E-state index >= 15 is 0 Å². The number of likely N-dealkylation sites (N-methyl/N-ethyl adjacent to an activating group) is 1. The Balaban J connectivity index is 1.55. The highest BCUT2D eigenvalue weighted by molar-refractivity contribution is 6.00. The Morgan fingerprint density at radius 1 is 0.908 bits per heavy atom. The van der Waals surface area contributed by atoms with Gasteiger partial charge in [-0.1, -0.05) is 32.0 Å². The fourth-order valence-corrected chi connectivity index (χ4v) is 7.50. The molecule has 10 N–H and O–H groups in total. The van der Waals surface area contributed by atoms with Crippen LogP contribution in [0.4, 0.5) is 0 Å². The third-order valence-electron chi connectivity index (χ3n) is 10.7. The highest BCUT2D eigenvalue weighted by Crippen LogP contribution is 2.40. The summed E-state index contributed by atoms with van der Waals surface area (Å²) in [5.41, 5.74) is 22.2. The summed E-state index contributed by atoms with van der Waals surface area (Å²) in [6, 6.07) is 12.3. The van der Waals surface area contributed by atoms with Crippen molar-refractivity contribution < 1.29 is 33.4 Å². The number of hydrogen-bond acceptors (Lipinski definition) is 13. The van der Waals surface area contributed by atoms with Crippen LogP contribution in [0.15, 0.2) is 67.0 Å². The molecule has 5 amide bonds. The summed E-state index contributed by atoms with van der Waals surface area (Å²) in [4.78, 5) is 80.4. The first-order valence-electron chi connectivity index (χ1n) is 21.6. The smallest absolute Gasteiger partial charge is 0.252 e. The number of nitrogens with zero attached hydrogens (tertiary/aromatic N) is 4. The molecule has 4 atom stereocenters. The fourth-order valence-electron chi connectivity index (χ4n) is 7.50. The summed E-state index contributed by atoms with van der Waals surface area (Å²) in [6.45, 7) is 7.86. The van der Waals surface area contributed by atoms with Crippen LogP contribution >= 0.6 is 0 Å². The highest BCUT2D eigenvalue weighted by atomic mass is 16.5. The van der Waals surface area contributed by atoms with E-state index < -0.39 is 53.7 Å². The number of nitrogens with two attached hydrogens (primary N) is 3. The molecule has 0 radical (unpaired) electrons. The van der Waals surface area contributed by atoms with Gasteiger partial charge in [-0.15, -0.1) is 0 Å². The second-order valence-corrected chi connectivity index (χ2v) is 16.2. The van der Waals surface area contributed by atoms with Crippen molar-refractivity contribution in [1.82, 2.24) is 36.1 Å². The first kappa shape index (κ1) is 49.1. The van der Waals surface area contributed by atoms with E-state index in [1.807, 2.05) is 6.07 Å². The molecule has 0 aliphatic carbocycles. The molecular weight excluding hydrogens is 831 g/mol. The lowest BCUT2D eigenvalue weighted by molar-refractivity contribution is -0.141. The van der Waals surface area contributed by atoms with E-state index in [1.165, 1.54) is 18.9 Å². The lowest BCUT2D eigenvalue weighted by Gasteiger charge is -2.32. The average Bonchev–Trinajstić information content (AvgIpc) is 3.28. The van der Waals surface area contributed by atoms with Crippen LogP contribution < -0.4 is 47.9 Å². The number of aromatic nitrogens is 2. The van der Waals surface area contributed by atoms with E-state index in [2.05, 4.69) is 45.1 Å². The number of benzene rings is 3. The minimum Gasteiger partial charge on any atom is -0.492 e. The zero-order valence-corrected chi connectivity index (χ0v) is 37.5. The standard InChI is InChI=1S/C47H59N11O7/c1-27(2)20-31-25-53-42(54-26-31)33-7-9-34(28(3)21-33)44(60)56-37(12-13-48)47(63)58(5)41-32-8-11-40(65-19-16-51)36(24-32)35-22-30(6-10-39(35)64-18-15-50)23-38(45(61)52-17-14-49)57-43(59)29(4)55-46(41)62/h6-11,21-22,24-27,29,37-38,41H,12-13,15-20,23,48,50-51H2,1-5H3,(H,52,61)(H,55,62)(H,56,60)(H,57,59)/t29-,37-,38-,41-/m0/s1. The van der Waals surface area contributed by atoms with Crippen molar-refractivity contribution in [2.75, 3.05) is 46.4 Å². The number of amides is 5. The van der Waals surface area contributed by atoms with E-state index in [4.69, 9.17) is 31.9 Å². The van der Waals surface area contributed by atoms with Gasteiger partial charge >= 0.3 is 0 Å². The van der Waals surface area contributed by atoms with Crippen LogP contribution in [0.2, 0.25) is 0 Å². The molecule has 4 bridgehead atoms. The van der Waals surface area contributed by atoms with Gasteiger partial charge in [0.2, 0.25) is 23.6 Å². The van der Waals surface area contributed by atoms with Crippen LogP contribution in [0.3, 0.4) is 0 Å². The van der Waals surface area contributed by atoms with E-state index in [0.717, 1.165) is 12.0 Å². The number of rotatable bonds is 17. The predicted octanol–water partition coefficient (Wildman–Crippen LogP) is 1.82. The maximum atomic E-state index is 14.6. The number of ether oxygens (including phenoxy) is 2. The number of hydrogen-bond donors (Lipinski definition) is 7. The number of nitrogens with one attached hydrogen (secondary N) is 4. The maximum absolute atomic E-state index is 14.6. The Bertz CT molecular complexity index is 2390. The number of aryl methyl sites for hydroxylation is 1. The molecular formula is C47H59N11O7. The van der Waals surface area contributed by atoms with Crippen molar-refractivity contribution in [1.29, 1.82) is 5.26 Å². The lowest BCUT2D eigenvalue weighted by Crippen LogP contribution is -2.56. The summed E-state index contributed by atoms with van der Waals surface area (Å²) in [7, 11) is 1.42. The van der Waals surface area contributed by atoms with Gasteiger partial charge in [-0.05, 0) is 97.8 Å². The average molecular weight is 890 g/mol. The molecule has 1 aliphatic heterocycles. The number of carbonyl (C=O) groups is 5. The van der Waals surface area contributed by atoms with Crippen molar-refractivity contribution in [2.24, 2.45) is 23.1 Å². The lowest BCUT2D eigenvalue weighted by atomic mass is 9.93. The van der Waals surface area contributed by atoms with Gasteiger partial charge in [-0.2, -0.15) is 5.26 Å². The van der Waals surface area contributed by atoms with Gasteiger partial charge in [0.05, 0.1) is 6.07 Å². The second-order valence-electron chi connectivity index (χ2n) is 16.2. The monoisotopic (exact) mass is 889 g/mol. The first-order chi connectivity index (χ1) is 31.2. The van der Waals surface area contributed by atoms with Crippen molar-refractivity contribution in [2.45, 2.75) is 71.1 Å². The second kappa shape index (κ2) is 23.1. The Morgan fingerprint density at radius 3 is 2.18 bits per heavy atom. The largest absolute Gasteiger partial charge is 0.492 e. The van der Waals surface area contributed by atoms with Crippen LogP contribution in [0.1, 0.15) is 65.8 Å². The molecule has 2 heterocycles. The van der Waals surface area contributed by atoms with Gasteiger partial charge in [0, 0.05) is 61.2 Å². The quantitative estimate of drug-likeness (QED) is 0.0747. The Hall–Kier alpha value is -6.94. The molecule has 1 aliphatic rings. The molecule has 0 fully saturated rings. The SMILES string of the molecule is Cc1cc(-c2ncc(CC(C)C)cn2)ccc1C(=O)N[C@@H](CCN)C(=O)N(C)[C@@H]1C(=O)N[C@@H](C)C(=O)N[C@H](C(=O)NCC#N)Cc2ccc(OCCN)c(c2)-c2cc1ccc2OCCN. The molecule has 5 rings (SSSR count). The molecule has 0 saturated carbocycles. The minimum absolute atomic E-state index is 0.00503. The third kappa shape index (κ3) is 12.6. The summed E-state index contributed by atoms with van der Waals surface area (Å²) in [6.07, 6.45) is 4.47. The Morgan fingerprint density at radius 2 is 1.57 bits per heavy atom. The third-order valence-corrected chi connectivity index (χ3v) is 10.7. The molecule has 1 aromatic heterocycles. The van der Waals surface area contributed by atoms with Gasteiger partial charge in [-0.25, -0.2) is 9.97 Å². The number of fused-ring (bicyclic) bond motifs is 5. The summed E-state index contributed by atoms with van der Waals surface area (Å²) in [5, 5.41) is 19.9. The van der Waals surface area contributed by atoms with E-state index in [0.29, 0.717) is 62.2 Å². The van der Waals surface area contributed by atoms with Gasteiger partial charge in [0.1, 0.15) is 55.4 Å². The molecule has 18 nitrogen and oxygen atoms in total. The van der Waals surface area contributed by atoms with Crippen LogP contribution in [0.25, 0.3) is 22.5 Å². The molecule has 4 aromatic rings. The first-order valence-corrected chi connectivity index (χ1v) is 21.6. The Labute approximate surface area is 379 Å². The summed E-state index contributed by atoms with van der Waals surface area (Å²) in [5.74, 6) is -1.50. The fraction of sp³-hybridized carbons (Fsp3) is 0.404. The van der Waals surface area contributed by atoms with Gasteiger partial charge in [-0.3, -0.25) is 24.0 Å². The van der Waals surface area contributed by atoms with E-state index in [1.54, 1.807) is 73.9 Å². The van der Waals surface area contributed by atoms with Crippen molar-refractivity contribution in [3.63, 3.8) is 0 Å². The highest BCUT2D eigenvalue weighted by Gasteiger charge is 2.36. The van der Waals surface area contributed by atoms with Crippen LogP contribution in [-0.4, -0.2) is 109 Å². The summed E-state index contributed by atoms with van der Waals surface area (Å²) >= 11 is 0. The predicted molar refractivity (Wildman–Crippen MR) is 244 cm³/mol. The molecule has 344 valence electrons. The van der Waals surface area contributed by atoms with Crippen LogP contribution in [0, 0.1) is 24.2 Å². The zero-order valence-electron chi connectivity index (χ0n) is 37.5. The number of carbonyl (C=O) groups excluding carboxylic acids is 5. The normalized spacial score (nSPS) is 16.5.